The lowest BCUT2D eigenvalue weighted by Crippen LogP contribution is -2.47. The Morgan fingerprint density at radius 2 is 1.69 bits per heavy atom. The number of amides is 2. The quantitative estimate of drug-likeness (QED) is 0.424. The number of carbonyl (C=O) groups is 2. The van der Waals surface area contributed by atoms with Crippen LogP contribution < -0.4 is 10.1 Å². The summed E-state index contributed by atoms with van der Waals surface area (Å²) in [4.78, 5) is 32.6. The van der Waals surface area contributed by atoms with Crippen LogP contribution in [0.2, 0.25) is 0 Å². The van der Waals surface area contributed by atoms with Crippen LogP contribution in [0.1, 0.15) is 22.7 Å². The first-order chi connectivity index (χ1) is 17.2. The Hall–Kier alpha value is -3.76. The summed E-state index contributed by atoms with van der Waals surface area (Å²) in [6, 6.07) is 18.7. The zero-order chi connectivity index (χ0) is 26.1. The lowest BCUT2D eigenvalue weighted by molar-refractivity contribution is -0.141. The highest BCUT2D eigenvalue weighted by Crippen LogP contribution is 2.25. The minimum Gasteiger partial charge on any atom is -0.497 e. The number of hydrogen-bond acceptors (Lipinski definition) is 6. The molecule has 0 saturated heterocycles. The number of sulfonamides is 1. The first-order valence-electron chi connectivity index (χ1n) is 11.2. The van der Waals surface area contributed by atoms with E-state index in [0.717, 1.165) is 21.7 Å². The number of hydrogen-bond donors (Lipinski definition) is 1. The lowest BCUT2D eigenvalue weighted by Gasteiger charge is -2.32. The van der Waals surface area contributed by atoms with Crippen molar-refractivity contribution in [3.05, 3.63) is 95.8 Å². The van der Waals surface area contributed by atoms with Crippen LogP contribution in [0.3, 0.4) is 0 Å². The van der Waals surface area contributed by atoms with Crippen molar-refractivity contribution in [3.63, 3.8) is 0 Å². The molecular formula is C26H30N4O5S. The van der Waals surface area contributed by atoms with Crippen LogP contribution in [0.4, 0.5) is 0 Å². The van der Waals surface area contributed by atoms with E-state index in [9.17, 15) is 18.0 Å². The predicted octanol–water partition coefficient (Wildman–Crippen LogP) is 2.37. The minimum absolute atomic E-state index is 0.0836. The van der Waals surface area contributed by atoms with Crippen molar-refractivity contribution in [3.8, 4) is 5.75 Å². The molecule has 2 amide bonds. The first-order valence-corrected chi connectivity index (χ1v) is 13.1. The van der Waals surface area contributed by atoms with Gasteiger partial charge < -0.3 is 15.0 Å². The van der Waals surface area contributed by atoms with Crippen molar-refractivity contribution in [2.75, 3.05) is 27.0 Å². The summed E-state index contributed by atoms with van der Waals surface area (Å²) in [5, 5.41) is 2.90. The molecule has 36 heavy (non-hydrogen) atoms. The maximum atomic E-state index is 13.6. The smallest absolute Gasteiger partial charge is 0.247 e. The van der Waals surface area contributed by atoms with Gasteiger partial charge in [-0.25, -0.2) is 8.42 Å². The molecule has 9 nitrogen and oxygen atoms in total. The highest BCUT2D eigenvalue weighted by Gasteiger charge is 2.32. The number of methoxy groups -OCH3 is 1. The Balaban J connectivity index is 1.97. The molecule has 1 aromatic heterocycles. The van der Waals surface area contributed by atoms with Crippen LogP contribution >= 0.6 is 0 Å². The van der Waals surface area contributed by atoms with Gasteiger partial charge in [0.15, 0.2) is 0 Å². The maximum Gasteiger partial charge on any atom is 0.247 e. The number of nitrogens with one attached hydrogen (secondary N) is 1. The number of benzene rings is 2. The van der Waals surface area contributed by atoms with E-state index in [0.29, 0.717) is 11.3 Å². The van der Waals surface area contributed by atoms with Gasteiger partial charge in [0.05, 0.1) is 19.9 Å². The molecule has 0 fully saturated rings. The number of pyridine rings is 1. The second-order valence-electron chi connectivity index (χ2n) is 8.28. The molecule has 3 aromatic rings. The van der Waals surface area contributed by atoms with E-state index in [4.69, 9.17) is 4.74 Å². The number of aromatic nitrogens is 1. The second-order valence-corrected chi connectivity index (χ2v) is 10.4. The highest BCUT2D eigenvalue weighted by molar-refractivity contribution is 7.88. The van der Waals surface area contributed by atoms with Gasteiger partial charge in [0.25, 0.3) is 0 Å². The standard InChI is InChI=1S/C26H30N4O5S/c1-29(36(3,33)34)19-24(31)30(18-20-11-13-23(35-2)14-12-20)25(22-9-5-4-6-10-22)26(32)28-17-21-8-7-15-27-16-21/h4-16,25H,17-19H2,1-3H3,(H,28,32). The molecule has 1 N–H and O–H groups in total. The third kappa shape index (κ3) is 7.37. The van der Waals surface area contributed by atoms with Crippen molar-refractivity contribution in [1.82, 2.24) is 19.5 Å². The molecule has 1 atom stereocenters. The number of likely N-dealkylation sites (N-methyl/N-ethyl adjacent to an activating group) is 1. The average Bonchev–Trinajstić information content (AvgIpc) is 2.88. The Labute approximate surface area is 211 Å². The summed E-state index contributed by atoms with van der Waals surface area (Å²) in [5.74, 6) is -0.250. The van der Waals surface area contributed by atoms with E-state index < -0.39 is 34.4 Å². The van der Waals surface area contributed by atoms with Gasteiger partial charge in [-0.1, -0.05) is 48.5 Å². The van der Waals surface area contributed by atoms with Crippen molar-refractivity contribution in [2.45, 2.75) is 19.1 Å². The summed E-state index contributed by atoms with van der Waals surface area (Å²) in [7, 11) is -0.717. The Bertz CT molecular complexity index is 1250. The molecule has 0 bridgehead atoms. The summed E-state index contributed by atoms with van der Waals surface area (Å²) < 4.78 is 30.2. The summed E-state index contributed by atoms with van der Waals surface area (Å²) >= 11 is 0. The SMILES string of the molecule is COc1ccc(CN(C(=O)CN(C)S(C)(=O)=O)C(C(=O)NCc2cccnc2)c2ccccc2)cc1. The molecule has 1 unspecified atom stereocenters. The fourth-order valence-electron chi connectivity index (χ4n) is 3.55. The van der Waals surface area contributed by atoms with E-state index in [1.54, 1.807) is 74.1 Å². The molecule has 0 aliphatic rings. The molecule has 0 aliphatic heterocycles. The van der Waals surface area contributed by atoms with E-state index in [1.807, 2.05) is 12.1 Å². The molecule has 3 rings (SSSR count). The van der Waals surface area contributed by atoms with Crippen LogP contribution in [0, 0.1) is 0 Å². The van der Waals surface area contributed by atoms with Crippen molar-refractivity contribution < 1.29 is 22.7 Å². The number of rotatable bonds is 11. The average molecular weight is 511 g/mol. The van der Waals surface area contributed by atoms with E-state index in [-0.39, 0.29) is 13.1 Å². The van der Waals surface area contributed by atoms with Gasteiger partial charge in [0, 0.05) is 32.5 Å². The predicted molar refractivity (Wildman–Crippen MR) is 136 cm³/mol. The van der Waals surface area contributed by atoms with Crippen molar-refractivity contribution >= 4 is 21.8 Å². The fourth-order valence-corrected chi connectivity index (χ4v) is 3.89. The first kappa shape index (κ1) is 26.8. The number of carbonyl (C=O) groups excluding carboxylic acids is 2. The van der Waals surface area contributed by atoms with Gasteiger partial charge in [-0.15, -0.1) is 0 Å². The Morgan fingerprint density at radius 1 is 1.00 bits per heavy atom. The highest BCUT2D eigenvalue weighted by atomic mass is 32.2. The third-order valence-corrected chi connectivity index (χ3v) is 6.88. The van der Waals surface area contributed by atoms with Gasteiger partial charge in [0.1, 0.15) is 11.8 Å². The molecule has 0 aliphatic carbocycles. The molecule has 0 radical (unpaired) electrons. The molecular weight excluding hydrogens is 480 g/mol. The fraction of sp³-hybridized carbons (Fsp3) is 0.269. The number of ether oxygens (including phenoxy) is 1. The zero-order valence-electron chi connectivity index (χ0n) is 20.5. The van der Waals surface area contributed by atoms with Gasteiger partial charge in [-0.05, 0) is 34.9 Å². The molecule has 190 valence electrons. The molecule has 0 saturated carbocycles. The monoisotopic (exact) mass is 510 g/mol. The van der Waals surface area contributed by atoms with Gasteiger partial charge >= 0.3 is 0 Å². The van der Waals surface area contributed by atoms with Crippen LogP contribution in [0.15, 0.2) is 79.1 Å². The van der Waals surface area contributed by atoms with Crippen LogP contribution in [0.25, 0.3) is 0 Å². The molecule has 0 spiro atoms. The van der Waals surface area contributed by atoms with E-state index in [1.165, 1.54) is 11.9 Å². The van der Waals surface area contributed by atoms with Crippen LogP contribution in [0.5, 0.6) is 5.75 Å². The Morgan fingerprint density at radius 3 is 2.28 bits per heavy atom. The van der Waals surface area contributed by atoms with Crippen LogP contribution in [-0.4, -0.2) is 61.4 Å². The van der Waals surface area contributed by atoms with Gasteiger partial charge in [0.2, 0.25) is 21.8 Å². The van der Waals surface area contributed by atoms with E-state index in [2.05, 4.69) is 10.3 Å². The third-order valence-electron chi connectivity index (χ3n) is 5.62. The Kier molecular flexibility index (Phi) is 9.15. The summed E-state index contributed by atoms with van der Waals surface area (Å²) in [5.41, 5.74) is 2.17. The lowest BCUT2D eigenvalue weighted by atomic mass is 10.0. The molecule has 1 heterocycles. The molecule has 10 heteroatoms. The van der Waals surface area contributed by atoms with Gasteiger partial charge in [-0.3, -0.25) is 14.6 Å². The molecule has 2 aromatic carbocycles. The maximum absolute atomic E-state index is 13.6. The normalized spacial score (nSPS) is 12.1. The number of nitrogens with zero attached hydrogens (tertiary/aromatic N) is 3. The minimum atomic E-state index is -3.61. The van der Waals surface area contributed by atoms with Crippen molar-refractivity contribution in [2.24, 2.45) is 0 Å². The van der Waals surface area contributed by atoms with Crippen molar-refractivity contribution in [1.29, 1.82) is 0 Å². The van der Waals surface area contributed by atoms with Crippen LogP contribution in [-0.2, 0) is 32.7 Å². The topological polar surface area (TPSA) is 109 Å². The zero-order valence-corrected chi connectivity index (χ0v) is 21.3. The largest absolute Gasteiger partial charge is 0.497 e. The van der Waals surface area contributed by atoms with Gasteiger partial charge in [-0.2, -0.15) is 4.31 Å². The second kappa shape index (κ2) is 12.3. The van der Waals surface area contributed by atoms with E-state index >= 15 is 0 Å². The summed E-state index contributed by atoms with van der Waals surface area (Å²) in [6.45, 7) is -0.0989. The summed E-state index contributed by atoms with van der Waals surface area (Å²) in [6.07, 6.45) is 4.33.